The van der Waals surface area contributed by atoms with Crippen LogP contribution in [0.4, 0.5) is 13.2 Å². The third kappa shape index (κ3) is 5.27. The lowest BCUT2D eigenvalue weighted by Crippen LogP contribution is -2.20. The lowest BCUT2D eigenvalue weighted by Gasteiger charge is -2.13. The van der Waals surface area contributed by atoms with Gasteiger partial charge in [-0.15, -0.1) is 24.9 Å². The van der Waals surface area contributed by atoms with E-state index in [4.69, 9.17) is 0 Å². The van der Waals surface area contributed by atoms with Crippen molar-refractivity contribution in [2.45, 2.75) is 24.3 Å². The van der Waals surface area contributed by atoms with Crippen LogP contribution < -0.4 is 10.1 Å². The van der Waals surface area contributed by atoms with Crippen LogP contribution in [0.5, 0.6) is 5.75 Å². The molecular weight excluding hydrogens is 311 g/mol. The normalized spacial score (nSPS) is 11.5. The highest BCUT2D eigenvalue weighted by atomic mass is 32.2. The molecule has 0 heterocycles. The first-order valence-corrected chi connectivity index (χ1v) is 7.88. The van der Waals surface area contributed by atoms with Crippen molar-refractivity contribution in [3.8, 4) is 5.75 Å². The zero-order valence-electron chi connectivity index (χ0n) is 12.0. The average molecular weight is 327 g/mol. The molecule has 6 heteroatoms. The molecule has 0 fully saturated rings. The van der Waals surface area contributed by atoms with Crippen LogP contribution in [-0.4, -0.2) is 12.6 Å². The molecule has 118 valence electrons. The van der Waals surface area contributed by atoms with Crippen molar-refractivity contribution in [3.05, 3.63) is 59.7 Å². The smallest absolute Gasteiger partial charge is 0.405 e. The van der Waals surface area contributed by atoms with Gasteiger partial charge >= 0.3 is 6.36 Å². The molecule has 0 saturated heterocycles. The predicted molar refractivity (Wildman–Crippen MR) is 81.9 cm³/mol. The Balaban J connectivity index is 1.93. The Labute approximate surface area is 131 Å². The van der Waals surface area contributed by atoms with E-state index in [9.17, 15) is 13.2 Å². The molecule has 0 amide bonds. The molecule has 0 radical (unpaired) electrons. The van der Waals surface area contributed by atoms with Crippen LogP contribution in [0, 0.1) is 0 Å². The van der Waals surface area contributed by atoms with Gasteiger partial charge in [0.05, 0.1) is 0 Å². The summed E-state index contributed by atoms with van der Waals surface area (Å²) < 4.78 is 41.0. The van der Waals surface area contributed by atoms with E-state index in [0.29, 0.717) is 18.7 Å². The molecule has 0 aliphatic rings. The fourth-order valence-corrected chi connectivity index (χ4v) is 2.37. The third-order valence-corrected chi connectivity index (χ3v) is 3.75. The molecule has 0 aliphatic heterocycles. The summed E-state index contributed by atoms with van der Waals surface area (Å²) in [5.74, 6) is -0.166. The molecule has 1 N–H and O–H groups in total. The Morgan fingerprint density at radius 2 is 1.68 bits per heavy atom. The first kappa shape index (κ1) is 16.7. The van der Waals surface area contributed by atoms with E-state index in [-0.39, 0.29) is 5.75 Å². The summed E-state index contributed by atoms with van der Waals surface area (Å²) >= 11 is 1.66. The van der Waals surface area contributed by atoms with Gasteiger partial charge in [0.25, 0.3) is 0 Å². The second-order valence-corrected chi connectivity index (χ2v) is 5.49. The number of halogens is 3. The molecule has 0 saturated carbocycles. The lowest BCUT2D eigenvalue weighted by atomic mass is 10.2. The third-order valence-electron chi connectivity index (χ3n) is 3.00. The largest absolute Gasteiger partial charge is 0.573 e. The Hall–Kier alpha value is -1.66. The molecule has 0 bridgehead atoms. The topological polar surface area (TPSA) is 21.3 Å². The van der Waals surface area contributed by atoms with Crippen LogP contribution in [0.15, 0.2) is 53.4 Å². The van der Waals surface area contributed by atoms with Crippen molar-refractivity contribution < 1.29 is 17.9 Å². The molecular formula is C16H16F3NOS. The van der Waals surface area contributed by atoms with Crippen molar-refractivity contribution in [2.75, 3.05) is 6.26 Å². The first-order valence-electron chi connectivity index (χ1n) is 6.65. The molecule has 0 unspecified atom stereocenters. The molecule has 2 aromatic carbocycles. The van der Waals surface area contributed by atoms with E-state index in [1.807, 2.05) is 30.5 Å². The zero-order valence-corrected chi connectivity index (χ0v) is 12.8. The van der Waals surface area contributed by atoms with Crippen molar-refractivity contribution >= 4 is 11.8 Å². The summed E-state index contributed by atoms with van der Waals surface area (Å²) in [6.07, 6.45) is -2.67. The van der Waals surface area contributed by atoms with Gasteiger partial charge in [0.1, 0.15) is 5.75 Å². The van der Waals surface area contributed by atoms with E-state index in [1.165, 1.54) is 17.0 Å². The van der Waals surface area contributed by atoms with E-state index in [0.717, 1.165) is 5.56 Å². The standard InChI is InChI=1S/C16H16F3NOS/c1-22-14-8-6-12(7-9-14)10-20-11-13-4-2-3-5-15(13)21-16(17,18)19/h2-9,20H,10-11H2,1H3. The molecule has 2 rings (SSSR count). The van der Waals surface area contributed by atoms with Crippen LogP contribution in [0.2, 0.25) is 0 Å². The van der Waals surface area contributed by atoms with Crippen LogP contribution in [-0.2, 0) is 13.1 Å². The monoisotopic (exact) mass is 327 g/mol. The SMILES string of the molecule is CSc1ccc(CNCc2ccccc2OC(F)(F)F)cc1. The van der Waals surface area contributed by atoms with Gasteiger partial charge in [-0.1, -0.05) is 30.3 Å². The summed E-state index contributed by atoms with van der Waals surface area (Å²) in [7, 11) is 0. The zero-order chi connectivity index (χ0) is 16.0. The van der Waals surface area contributed by atoms with Crippen molar-refractivity contribution in [3.63, 3.8) is 0 Å². The summed E-state index contributed by atoms with van der Waals surface area (Å²) in [6.45, 7) is 0.881. The minimum atomic E-state index is -4.68. The number of hydrogen-bond acceptors (Lipinski definition) is 3. The molecule has 2 nitrogen and oxygen atoms in total. The maximum Gasteiger partial charge on any atom is 0.573 e. The molecule has 0 atom stereocenters. The predicted octanol–water partition coefficient (Wildman–Crippen LogP) is 4.60. The second-order valence-electron chi connectivity index (χ2n) is 4.61. The van der Waals surface area contributed by atoms with Crippen LogP contribution in [0.3, 0.4) is 0 Å². The number of ether oxygens (including phenoxy) is 1. The minimum absolute atomic E-state index is 0.166. The van der Waals surface area contributed by atoms with E-state index < -0.39 is 6.36 Å². The molecule has 22 heavy (non-hydrogen) atoms. The Morgan fingerprint density at radius 1 is 1.00 bits per heavy atom. The van der Waals surface area contributed by atoms with Gasteiger partial charge in [-0.3, -0.25) is 0 Å². The number of para-hydroxylation sites is 1. The summed E-state index contributed by atoms with van der Waals surface area (Å²) in [6, 6.07) is 14.2. The van der Waals surface area contributed by atoms with Gasteiger partial charge in [0.2, 0.25) is 0 Å². The van der Waals surface area contributed by atoms with Crippen molar-refractivity contribution in [2.24, 2.45) is 0 Å². The highest BCUT2D eigenvalue weighted by Crippen LogP contribution is 2.26. The fraction of sp³-hybridized carbons (Fsp3) is 0.250. The maximum atomic E-state index is 12.3. The van der Waals surface area contributed by atoms with Gasteiger partial charge in [-0.2, -0.15) is 0 Å². The molecule has 0 spiro atoms. The van der Waals surface area contributed by atoms with Crippen LogP contribution in [0.25, 0.3) is 0 Å². The van der Waals surface area contributed by atoms with Gasteiger partial charge in [0, 0.05) is 23.5 Å². The van der Waals surface area contributed by atoms with Crippen LogP contribution >= 0.6 is 11.8 Å². The van der Waals surface area contributed by atoms with Crippen molar-refractivity contribution in [1.29, 1.82) is 0 Å². The van der Waals surface area contributed by atoms with Crippen LogP contribution in [0.1, 0.15) is 11.1 Å². The first-order chi connectivity index (χ1) is 10.5. The molecule has 2 aromatic rings. The maximum absolute atomic E-state index is 12.3. The van der Waals surface area contributed by atoms with E-state index in [2.05, 4.69) is 10.1 Å². The summed E-state index contributed by atoms with van der Waals surface area (Å²) in [5, 5.41) is 3.13. The molecule has 0 aliphatic carbocycles. The Bertz CT molecular complexity index is 599. The number of nitrogens with one attached hydrogen (secondary N) is 1. The Kier molecular flexibility index (Phi) is 5.74. The highest BCUT2D eigenvalue weighted by molar-refractivity contribution is 7.98. The van der Waals surface area contributed by atoms with E-state index in [1.54, 1.807) is 23.9 Å². The number of rotatable bonds is 6. The van der Waals surface area contributed by atoms with Gasteiger partial charge in [-0.25, -0.2) is 0 Å². The lowest BCUT2D eigenvalue weighted by molar-refractivity contribution is -0.274. The van der Waals surface area contributed by atoms with Gasteiger partial charge in [0.15, 0.2) is 0 Å². The number of alkyl halides is 3. The number of hydrogen-bond donors (Lipinski definition) is 1. The molecule has 0 aromatic heterocycles. The van der Waals surface area contributed by atoms with Gasteiger partial charge < -0.3 is 10.1 Å². The van der Waals surface area contributed by atoms with E-state index >= 15 is 0 Å². The Morgan fingerprint density at radius 3 is 2.32 bits per heavy atom. The minimum Gasteiger partial charge on any atom is -0.405 e. The quantitative estimate of drug-likeness (QED) is 0.784. The van der Waals surface area contributed by atoms with Crippen molar-refractivity contribution in [1.82, 2.24) is 5.32 Å². The number of benzene rings is 2. The summed E-state index contributed by atoms with van der Waals surface area (Å²) in [4.78, 5) is 1.17. The summed E-state index contributed by atoms with van der Waals surface area (Å²) in [5.41, 5.74) is 1.55. The van der Waals surface area contributed by atoms with Gasteiger partial charge in [-0.05, 0) is 30.0 Å². The average Bonchev–Trinajstić information content (AvgIpc) is 2.48. The highest BCUT2D eigenvalue weighted by Gasteiger charge is 2.31. The second kappa shape index (κ2) is 7.56. The number of thioether (sulfide) groups is 1. The fourth-order valence-electron chi connectivity index (χ4n) is 1.96.